The predicted molar refractivity (Wildman–Crippen MR) is 160 cm³/mol. The summed E-state index contributed by atoms with van der Waals surface area (Å²) in [7, 11) is 1.59. The van der Waals surface area contributed by atoms with Crippen molar-refractivity contribution in [2.75, 3.05) is 31.6 Å². The van der Waals surface area contributed by atoms with Crippen LogP contribution >= 0.6 is 24.2 Å². The lowest BCUT2D eigenvalue weighted by Crippen LogP contribution is -2.41. The van der Waals surface area contributed by atoms with Gasteiger partial charge in [0.05, 0.1) is 24.0 Å². The van der Waals surface area contributed by atoms with Gasteiger partial charge in [0.1, 0.15) is 5.75 Å². The zero-order valence-corrected chi connectivity index (χ0v) is 23.8. The van der Waals surface area contributed by atoms with Crippen molar-refractivity contribution in [3.63, 3.8) is 0 Å². The van der Waals surface area contributed by atoms with Gasteiger partial charge in [0.25, 0.3) is 0 Å². The van der Waals surface area contributed by atoms with Crippen molar-refractivity contribution in [2.45, 2.75) is 43.5 Å². The number of anilines is 2. The van der Waals surface area contributed by atoms with Crippen molar-refractivity contribution >= 4 is 46.4 Å². The second kappa shape index (κ2) is 13.0. The lowest BCUT2D eigenvalue weighted by atomic mass is 10.1. The lowest BCUT2D eigenvalue weighted by molar-refractivity contribution is 0.236. The first-order valence-electron chi connectivity index (χ1n) is 12.5. The van der Waals surface area contributed by atoms with E-state index in [1.165, 1.54) is 21.2 Å². The molecule has 0 radical (unpaired) electrons. The van der Waals surface area contributed by atoms with Crippen molar-refractivity contribution in [1.29, 1.82) is 0 Å². The van der Waals surface area contributed by atoms with E-state index in [1.807, 2.05) is 36.9 Å². The van der Waals surface area contributed by atoms with Crippen LogP contribution in [0.15, 0.2) is 87.4 Å². The van der Waals surface area contributed by atoms with Gasteiger partial charge in [-0.2, -0.15) is 0 Å². The van der Waals surface area contributed by atoms with Gasteiger partial charge in [-0.3, -0.25) is 9.69 Å². The minimum absolute atomic E-state index is 0. The zero-order chi connectivity index (χ0) is 25.7. The van der Waals surface area contributed by atoms with Crippen molar-refractivity contribution in [1.82, 2.24) is 9.88 Å². The first kappa shape index (κ1) is 28.6. The molecule has 1 unspecified atom stereocenters. The summed E-state index contributed by atoms with van der Waals surface area (Å²) in [6.45, 7) is 12.0. The van der Waals surface area contributed by atoms with Crippen LogP contribution in [0.25, 0.3) is 10.9 Å². The third kappa shape index (κ3) is 6.32. The molecule has 1 atom stereocenters. The van der Waals surface area contributed by atoms with Crippen LogP contribution in [-0.2, 0) is 0 Å². The third-order valence-corrected chi connectivity index (χ3v) is 7.81. The number of aromatic nitrogens is 1. The molecular weight excluding hydrogens is 502 g/mol. The van der Waals surface area contributed by atoms with Gasteiger partial charge in [-0.15, -0.1) is 12.4 Å². The van der Waals surface area contributed by atoms with Crippen LogP contribution in [0.1, 0.15) is 26.3 Å². The largest absolute Gasteiger partial charge is 0.495 e. The summed E-state index contributed by atoms with van der Waals surface area (Å²) in [5.74, 6) is 0.698. The van der Waals surface area contributed by atoms with Crippen LogP contribution < -0.4 is 15.2 Å². The SMILES string of the molecule is CCN(CC)C(C)CN1c2ccccc2Sc2ccccc21.COc1cccc2c(C)cc(=O)[nH]c12.Cl. The van der Waals surface area contributed by atoms with Crippen LogP contribution in [0.5, 0.6) is 5.75 Å². The maximum atomic E-state index is 11.3. The molecule has 1 N–H and O–H groups in total. The molecule has 4 aromatic rings. The van der Waals surface area contributed by atoms with Gasteiger partial charge in [0.15, 0.2) is 0 Å². The van der Waals surface area contributed by atoms with E-state index in [0.717, 1.165) is 36.1 Å². The van der Waals surface area contributed by atoms with E-state index >= 15 is 0 Å². The monoisotopic (exact) mass is 537 g/mol. The number of nitrogens with zero attached hydrogens (tertiary/aromatic N) is 2. The van der Waals surface area contributed by atoms with Crippen LogP contribution in [0.4, 0.5) is 11.4 Å². The number of H-pyrrole nitrogens is 1. The number of fused-ring (bicyclic) bond motifs is 3. The Bertz CT molecular complexity index is 1340. The van der Waals surface area contributed by atoms with Gasteiger partial charge < -0.3 is 14.6 Å². The topological polar surface area (TPSA) is 48.6 Å². The smallest absolute Gasteiger partial charge is 0.248 e. The molecule has 1 aliphatic heterocycles. The summed E-state index contributed by atoms with van der Waals surface area (Å²) in [6, 6.07) is 25.3. The molecule has 0 fully saturated rings. The number of nitrogens with one attached hydrogen (secondary N) is 1. The molecule has 0 bridgehead atoms. The molecular formula is C30H36ClN3O2S. The van der Waals surface area contributed by atoms with Crippen LogP contribution in [0.2, 0.25) is 0 Å². The molecule has 3 aromatic carbocycles. The number of halogens is 1. The van der Waals surface area contributed by atoms with Crippen molar-refractivity contribution in [3.8, 4) is 5.75 Å². The van der Waals surface area contributed by atoms with Crippen LogP contribution in [0, 0.1) is 6.92 Å². The Labute approximate surface area is 230 Å². The number of pyridine rings is 1. The second-order valence-electron chi connectivity index (χ2n) is 8.92. The molecule has 0 spiro atoms. The van der Waals surface area contributed by atoms with Gasteiger partial charge in [-0.1, -0.05) is 62.0 Å². The fourth-order valence-corrected chi connectivity index (χ4v) is 5.89. The summed E-state index contributed by atoms with van der Waals surface area (Å²) in [4.78, 5) is 21.8. The highest BCUT2D eigenvalue weighted by Gasteiger charge is 2.25. The fraction of sp³-hybridized carbons (Fsp3) is 0.300. The predicted octanol–water partition coefficient (Wildman–Crippen LogP) is 7.29. The second-order valence-corrected chi connectivity index (χ2v) is 10.0. The van der Waals surface area contributed by atoms with E-state index in [2.05, 4.69) is 84.1 Å². The average Bonchev–Trinajstić information content (AvgIpc) is 2.89. The number of para-hydroxylation sites is 3. The van der Waals surface area contributed by atoms with E-state index in [0.29, 0.717) is 11.8 Å². The van der Waals surface area contributed by atoms with Gasteiger partial charge in [0, 0.05) is 33.8 Å². The molecule has 0 saturated carbocycles. The van der Waals surface area contributed by atoms with E-state index in [1.54, 1.807) is 13.2 Å². The molecule has 37 heavy (non-hydrogen) atoms. The van der Waals surface area contributed by atoms with Crippen molar-refractivity contribution < 1.29 is 4.74 Å². The maximum absolute atomic E-state index is 11.3. The van der Waals surface area contributed by atoms with Gasteiger partial charge >= 0.3 is 0 Å². The highest BCUT2D eigenvalue weighted by molar-refractivity contribution is 7.99. The van der Waals surface area contributed by atoms with Gasteiger partial charge in [-0.05, 0) is 62.8 Å². The number of ether oxygens (including phenoxy) is 1. The van der Waals surface area contributed by atoms with Crippen LogP contribution in [-0.4, -0.2) is 42.7 Å². The Kier molecular flexibility index (Phi) is 10.1. The van der Waals surface area contributed by atoms with E-state index in [-0.39, 0.29) is 18.0 Å². The highest BCUT2D eigenvalue weighted by atomic mass is 35.5. The molecule has 1 aromatic heterocycles. The first-order chi connectivity index (χ1) is 17.5. The Morgan fingerprint density at radius 2 is 1.54 bits per heavy atom. The Morgan fingerprint density at radius 1 is 0.946 bits per heavy atom. The number of aryl methyl sites for hydroxylation is 1. The molecule has 7 heteroatoms. The number of hydrogen-bond acceptors (Lipinski definition) is 5. The average molecular weight is 538 g/mol. The van der Waals surface area contributed by atoms with E-state index in [9.17, 15) is 4.79 Å². The third-order valence-electron chi connectivity index (χ3n) is 6.68. The molecule has 5 rings (SSSR count). The number of methoxy groups -OCH3 is 1. The first-order valence-corrected chi connectivity index (χ1v) is 13.3. The quantitative estimate of drug-likeness (QED) is 0.280. The summed E-state index contributed by atoms with van der Waals surface area (Å²) in [5.41, 5.74) is 4.30. The molecule has 196 valence electrons. The summed E-state index contributed by atoms with van der Waals surface area (Å²) in [6.07, 6.45) is 0. The van der Waals surface area contributed by atoms with Gasteiger partial charge in [0.2, 0.25) is 5.56 Å². The lowest BCUT2D eigenvalue weighted by Gasteiger charge is -2.37. The van der Waals surface area contributed by atoms with Crippen molar-refractivity contribution in [2.24, 2.45) is 0 Å². The summed E-state index contributed by atoms with van der Waals surface area (Å²) >= 11 is 1.88. The number of hydrogen-bond donors (Lipinski definition) is 1. The number of benzene rings is 3. The maximum Gasteiger partial charge on any atom is 0.248 e. The minimum Gasteiger partial charge on any atom is -0.495 e. The highest BCUT2D eigenvalue weighted by Crippen LogP contribution is 2.47. The molecule has 0 aliphatic carbocycles. The minimum atomic E-state index is -0.0977. The Balaban J connectivity index is 0.000000220. The molecule has 0 amide bonds. The molecule has 5 nitrogen and oxygen atoms in total. The van der Waals surface area contributed by atoms with E-state index in [4.69, 9.17) is 4.74 Å². The summed E-state index contributed by atoms with van der Waals surface area (Å²) < 4.78 is 5.17. The standard InChI is InChI=1S/C19H24N2S.C11H11NO2.ClH/c1-4-20(5-2)15(3)14-21-16-10-6-8-12-18(16)22-19-13-9-7-11-17(19)21;1-7-6-10(13)12-11-8(7)4-3-5-9(11)14-2;/h6-13,15H,4-5,14H2,1-3H3;3-6H,1-2H3,(H,12,13);1H. The van der Waals surface area contributed by atoms with E-state index < -0.39 is 0 Å². The zero-order valence-electron chi connectivity index (χ0n) is 22.2. The van der Waals surface area contributed by atoms with Gasteiger partial charge in [-0.25, -0.2) is 0 Å². The Hall–Kier alpha value is -2.93. The number of likely N-dealkylation sites (N-methyl/N-ethyl adjacent to an activating group) is 1. The molecule has 0 saturated heterocycles. The Morgan fingerprint density at radius 3 is 2.11 bits per heavy atom. The summed E-state index contributed by atoms with van der Waals surface area (Å²) in [5, 5.41) is 1.02. The van der Waals surface area contributed by atoms with Crippen LogP contribution in [0.3, 0.4) is 0 Å². The number of rotatable bonds is 6. The normalized spacial score (nSPS) is 12.6. The fourth-order valence-electron chi connectivity index (χ4n) is 4.80. The number of aromatic amines is 1. The molecule has 2 heterocycles. The molecule has 1 aliphatic rings. The van der Waals surface area contributed by atoms with Crippen molar-refractivity contribution in [3.05, 3.63) is 88.7 Å².